The minimum Gasteiger partial charge on any atom is -0.357 e. The molecule has 26 heavy (non-hydrogen) atoms. The molecule has 0 unspecified atom stereocenters. The van der Waals surface area contributed by atoms with Gasteiger partial charge in [-0.25, -0.2) is 0 Å². The van der Waals surface area contributed by atoms with E-state index in [0.717, 1.165) is 37.2 Å². The number of aryl methyl sites for hydroxylation is 1. The van der Waals surface area contributed by atoms with E-state index in [1.165, 1.54) is 12.1 Å². The summed E-state index contributed by atoms with van der Waals surface area (Å²) in [6, 6.07) is 7.14. The fourth-order valence-electron chi connectivity index (χ4n) is 2.38. The van der Waals surface area contributed by atoms with Crippen LogP contribution in [0.15, 0.2) is 47.7 Å². The average Bonchev–Trinajstić information content (AvgIpc) is 3.12. The normalized spacial score (nSPS) is 12.2. The fraction of sp³-hybridized carbons (Fsp3) is 0.444. The van der Waals surface area contributed by atoms with E-state index in [0.29, 0.717) is 25.5 Å². The van der Waals surface area contributed by atoms with E-state index in [1.54, 1.807) is 6.20 Å². The first-order valence-corrected chi connectivity index (χ1v) is 8.65. The van der Waals surface area contributed by atoms with E-state index in [1.807, 2.05) is 23.9 Å². The summed E-state index contributed by atoms with van der Waals surface area (Å²) in [7, 11) is 0. The monoisotopic (exact) mass is 367 g/mol. The van der Waals surface area contributed by atoms with Gasteiger partial charge in [-0.15, -0.1) is 0 Å². The van der Waals surface area contributed by atoms with Crippen molar-refractivity contribution in [3.63, 3.8) is 0 Å². The van der Waals surface area contributed by atoms with Gasteiger partial charge in [0.05, 0.1) is 5.56 Å². The number of nitrogens with one attached hydrogen (secondary N) is 2. The third-order valence-electron chi connectivity index (χ3n) is 3.71. The molecule has 0 amide bonds. The maximum Gasteiger partial charge on any atom is 0.416 e. The highest BCUT2D eigenvalue weighted by atomic mass is 19.4. The maximum absolute atomic E-state index is 12.6. The van der Waals surface area contributed by atoms with Crippen LogP contribution < -0.4 is 10.6 Å². The molecule has 0 saturated heterocycles. The Hall–Kier alpha value is -2.51. The van der Waals surface area contributed by atoms with Gasteiger partial charge in [0.15, 0.2) is 5.96 Å². The van der Waals surface area contributed by atoms with Gasteiger partial charge >= 0.3 is 6.18 Å². The number of hydrogen-bond acceptors (Lipinski definition) is 2. The van der Waals surface area contributed by atoms with Crippen molar-refractivity contribution < 1.29 is 13.2 Å². The summed E-state index contributed by atoms with van der Waals surface area (Å²) in [5.74, 6) is 0.708. The molecule has 0 aliphatic rings. The summed E-state index contributed by atoms with van der Waals surface area (Å²) < 4.78 is 39.5. The second kappa shape index (κ2) is 9.84. The molecule has 0 saturated carbocycles. The molecule has 0 fully saturated rings. The van der Waals surface area contributed by atoms with E-state index < -0.39 is 11.7 Å². The van der Waals surface area contributed by atoms with Gasteiger partial charge in [0, 0.05) is 38.6 Å². The number of nitrogens with zero attached hydrogens (tertiary/aromatic N) is 3. The molecule has 2 rings (SSSR count). The van der Waals surface area contributed by atoms with E-state index in [2.05, 4.69) is 20.7 Å². The van der Waals surface area contributed by atoms with Crippen LogP contribution in [-0.2, 0) is 19.1 Å². The van der Waals surface area contributed by atoms with Crippen molar-refractivity contribution in [2.75, 3.05) is 19.6 Å². The highest BCUT2D eigenvalue weighted by Gasteiger charge is 2.29. The minimum absolute atomic E-state index is 0.594. The number of halogens is 3. The quantitative estimate of drug-likeness (QED) is 0.428. The number of guanidine groups is 1. The fourth-order valence-corrected chi connectivity index (χ4v) is 2.38. The first-order chi connectivity index (χ1) is 12.5. The standard InChI is InChI=1S/C18H24F3N5/c1-2-22-17(23-10-3-13-26-14-4-11-25-26)24-12-9-15-5-7-16(8-6-15)18(19,20)21/h4-8,11,14H,2-3,9-10,12-13H2,1H3,(H2,22,23,24). The lowest BCUT2D eigenvalue weighted by molar-refractivity contribution is -0.137. The first-order valence-electron chi connectivity index (χ1n) is 8.65. The van der Waals surface area contributed by atoms with Crippen molar-refractivity contribution in [1.29, 1.82) is 0 Å². The van der Waals surface area contributed by atoms with E-state index in [-0.39, 0.29) is 0 Å². The predicted octanol–water partition coefficient (Wildman–Crippen LogP) is 3.09. The number of aromatic nitrogens is 2. The third-order valence-corrected chi connectivity index (χ3v) is 3.71. The smallest absolute Gasteiger partial charge is 0.357 e. The summed E-state index contributed by atoms with van der Waals surface area (Å²) in [5, 5.41) is 10.5. The zero-order chi connectivity index (χ0) is 18.8. The van der Waals surface area contributed by atoms with E-state index in [4.69, 9.17) is 0 Å². The van der Waals surface area contributed by atoms with Gasteiger partial charge in [-0.2, -0.15) is 18.3 Å². The van der Waals surface area contributed by atoms with Crippen LogP contribution in [0, 0.1) is 0 Å². The Labute approximate surface area is 151 Å². The summed E-state index contributed by atoms with van der Waals surface area (Å²) >= 11 is 0. The summed E-state index contributed by atoms with van der Waals surface area (Å²) in [6.07, 6.45) is 0.859. The van der Waals surface area contributed by atoms with Crippen molar-refractivity contribution in [2.24, 2.45) is 4.99 Å². The van der Waals surface area contributed by atoms with Crippen molar-refractivity contribution in [3.05, 3.63) is 53.9 Å². The minimum atomic E-state index is -4.29. The van der Waals surface area contributed by atoms with Crippen LogP contribution in [0.25, 0.3) is 0 Å². The largest absolute Gasteiger partial charge is 0.416 e. The molecule has 142 valence electrons. The van der Waals surface area contributed by atoms with Gasteiger partial charge in [0.2, 0.25) is 0 Å². The first kappa shape index (κ1) is 19.8. The molecule has 0 bridgehead atoms. The number of aliphatic imine (C=N–C) groups is 1. The second-order valence-corrected chi connectivity index (χ2v) is 5.75. The van der Waals surface area contributed by atoms with Crippen LogP contribution in [-0.4, -0.2) is 35.4 Å². The van der Waals surface area contributed by atoms with Crippen molar-refractivity contribution in [2.45, 2.75) is 32.5 Å². The van der Waals surface area contributed by atoms with Gasteiger partial charge in [0.25, 0.3) is 0 Å². The van der Waals surface area contributed by atoms with Crippen LogP contribution in [0.2, 0.25) is 0 Å². The third kappa shape index (κ3) is 6.78. The second-order valence-electron chi connectivity index (χ2n) is 5.75. The molecule has 1 heterocycles. The number of hydrogen-bond donors (Lipinski definition) is 2. The summed E-state index contributed by atoms with van der Waals surface area (Å²) in [4.78, 5) is 4.50. The highest BCUT2D eigenvalue weighted by Crippen LogP contribution is 2.29. The molecule has 0 aliphatic carbocycles. The molecule has 1 aromatic heterocycles. The van der Waals surface area contributed by atoms with Crippen LogP contribution in [0.5, 0.6) is 0 Å². The van der Waals surface area contributed by atoms with Crippen LogP contribution in [0.3, 0.4) is 0 Å². The molecule has 2 N–H and O–H groups in total. The lowest BCUT2D eigenvalue weighted by Crippen LogP contribution is -2.38. The molecular formula is C18H24F3N5. The summed E-state index contributed by atoms with van der Waals surface area (Å²) in [5.41, 5.74) is 0.223. The Kier molecular flexibility index (Phi) is 7.50. The predicted molar refractivity (Wildman–Crippen MR) is 96.0 cm³/mol. The Morgan fingerprint density at radius 2 is 1.96 bits per heavy atom. The molecule has 0 aliphatic heterocycles. The van der Waals surface area contributed by atoms with Crippen molar-refractivity contribution >= 4 is 5.96 Å². The van der Waals surface area contributed by atoms with Gasteiger partial charge in [-0.3, -0.25) is 9.67 Å². The van der Waals surface area contributed by atoms with Crippen LogP contribution >= 0.6 is 0 Å². The molecule has 0 radical (unpaired) electrons. The zero-order valence-corrected chi connectivity index (χ0v) is 14.8. The molecule has 8 heteroatoms. The average molecular weight is 367 g/mol. The molecule has 0 spiro atoms. The Morgan fingerprint density at radius 3 is 2.58 bits per heavy atom. The van der Waals surface area contributed by atoms with Gasteiger partial charge in [-0.1, -0.05) is 12.1 Å². The highest BCUT2D eigenvalue weighted by molar-refractivity contribution is 5.79. The number of rotatable bonds is 8. The number of alkyl halides is 3. The SMILES string of the molecule is CCNC(=NCCCn1cccn1)NCCc1ccc(C(F)(F)F)cc1. The van der Waals surface area contributed by atoms with Gasteiger partial charge in [0.1, 0.15) is 0 Å². The van der Waals surface area contributed by atoms with Crippen molar-refractivity contribution in [1.82, 2.24) is 20.4 Å². The molecule has 5 nitrogen and oxygen atoms in total. The van der Waals surface area contributed by atoms with Gasteiger partial charge in [-0.05, 0) is 43.5 Å². The molecular weight excluding hydrogens is 343 g/mol. The Balaban J connectivity index is 1.75. The zero-order valence-electron chi connectivity index (χ0n) is 14.8. The molecule has 2 aromatic rings. The van der Waals surface area contributed by atoms with Crippen LogP contribution in [0.1, 0.15) is 24.5 Å². The topological polar surface area (TPSA) is 54.2 Å². The van der Waals surface area contributed by atoms with E-state index >= 15 is 0 Å². The van der Waals surface area contributed by atoms with E-state index in [9.17, 15) is 13.2 Å². The van der Waals surface area contributed by atoms with Gasteiger partial charge < -0.3 is 10.6 Å². The Bertz CT molecular complexity index is 663. The van der Waals surface area contributed by atoms with Crippen LogP contribution in [0.4, 0.5) is 13.2 Å². The molecule has 1 aromatic carbocycles. The lowest BCUT2D eigenvalue weighted by atomic mass is 10.1. The maximum atomic E-state index is 12.6. The lowest BCUT2D eigenvalue weighted by Gasteiger charge is -2.12. The summed E-state index contributed by atoms with van der Waals surface area (Å²) in [6.45, 7) is 4.79. The van der Waals surface area contributed by atoms with Crippen molar-refractivity contribution in [3.8, 4) is 0 Å². The Morgan fingerprint density at radius 1 is 1.19 bits per heavy atom. The number of benzene rings is 1. The molecule has 0 atom stereocenters.